The highest BCUT2D eigenvalue weighted by Crippen LogP contribution is 2.38. The van der Waals surface area contributed by atoms with E-state index in [1.54, 1.807) is 0 Å². The lowest BCUT2D eigenvalue weighted by Gasteiger charge is -2.11. The topological polar surface area (TPSA) is 38.3 Å². The zero-order valence-electron chi connectivity index (χ0n) is 10.7. The first kappa shape index (κ1) is 13.4. The summed E-state index contributed by atoms with van der Waals surface area (Å²) in [5.41, 5.74) is 1.90. The lowest BCUT2D eigenvalue weighted by atomic mass is 10.2. The summed E-state index contributed by atoms with van der Waals surface area (Å²) in [4.78, 5) is 11.8. The van der Waals surface area contributed by atoms with E-state index in [2.05, 4.69) is 28.2 Å². The van der Waals surface area contributed by atoms with Gasteiger partial charge < -0.3 is 10.1 Å². The highest BCUT2D eigenvalue weighted by Gasteiger charge is 2.39. The van der Waals surface area contributed by atoms with Crippen LogP contribution in [0.1, 0.15) is 25.8 Å². The maximum atomic E-state index is 11.8. The Hall–Kier alpha value is -1.03. The molecule has 2 atom stereocenters. The van der Waals surface area contributed by atoms with Crippen molar-refractivity contribution in [2.24, 2.45) is 11.8 Å². The molecule has 0 aliphatic heterocycles. The summed E-state index contributed by atoms with van der Waals surface area (Å²) >= 11 is 3.44. The largest absolute Gasteiger partial charge is 0.494 e. The van der Waals surface area contributed by atoms with Gasteiger partial charge in [0.15, 0.2) is 0 Å². The van der Waals surface area contributed by atoms with E-state index >= 15 is 0 Å². The van der Waals surface area contributed by atoms with Gasteiger partial charge in [-0.05, 0) is 37.5 Å². The first-order valence-corrected chi connectivity index (χ1v) is 7.40. The molecule has 1 fully saturated rings. The molecule has 1 aromatic carbocycles. The van der Waals surface area contributed by atoms with Crippen molar-refractivity contribution >= 4 is 27.5 Å². The summed E-state index contributed by atoms with van der Waals surface area (Å²) in [7, 11) is 0. The van der Waals surface area contributed by atoms with Gasteiger partial charge in [0, 0.05) is 22.5 Å². The second-order valence-corrected chi connectivity index (χ2v) is 5.26. The van der Waals surface area contributed by atoms with Crippen LogP contribution in [0.4, 0.5) is 5.69 Å². The molecule has 2 rings (SSSR count). The van der Waals surface area contributed by atoms with Gasteiger partial charge in [-0.1, -0.05) is 22.9 Å². The number of rotatable bonds is 5. The highest BCUT2D eigenvalue weighted by molar-refractivity contribution is 9.08. The summed E-state index contributed by atoms with van der Waals surface area (Å²) in [6.45, 7) is 4.71. The van der Waals surface area contributed by atoms with Crippen LogP contribution in [-0.4, -0.2) is 12.5 Å². The van der Waals surface area contributed by atoms with Gasteiger partial charge >= 0.3 is 0 Å². The van der Waals surface area contributed by atoms with Crippen molar-refractivity contribution in [3.8, 4) is 5.75 Å². The SMILES string of the molecule is CCOc1ccc(NC(=O)C2CC2C)cc1CBr. The van der Waals surface area contributed by atoms with Gasteiger partial charge in [0.05, 0.1) is 6.61 Å². The van der Waals surface area contributed by atoms with E-state index in [1.165, 1.54) is 0 Å². The number of nitrogens with one attached hydrogen (secondary N) is 1. The molecular formula is C14H18BrNO2. The summed E-state index contributed by atoms with van der Waals surface area (Å²) in [5, 5.41) is 3.68. The fourth-order valence-corrected chi connectivity index (χ4v) is 2.42. The minimum absolute atomic E-state index is 0.132. The Balaban J connectivity index is 2.07. The maximum absolute atomic E-state index is 11.8. The number of benzene rings is 1. The first-order chi connectivity index (χ1) is 8.65. The van der Waals surface area contributed by atoms with E-state index in [0.717, 1.165) is 23.4 Å². The second kappa shape index (κ2) is 5.74. The Bertz CT molecular complexity index is 447. The normalized spacial score (nSPS) is 21.5. The Kier molecular flexibility index (Phi) is 4.27. The van der Waals surface area contributed by atoms with Gasteiger partial charge in [0.25, 0.3) is 0 Å². The summed E-state index contributed by atoms with van der Waals surface area (Å²) < 4.78 is 5.52. The van der Waals surface area contributed by atoms with E-state index in [1.807, 2.05) is 25.1 Å². The Morgan fingerprint density at radius 2 is 2.28 bits per heavy atom. The molecule has 3 nitrogen and oxygen atoms in total. The van der Waals surface area contributed by atoms with E-state index in [0.29, 0.717) is 17.9 Å². The number of hydrogen-bond acceptors (Lipinski definition) is 2. The number of carbonyl (C=O) groups excluding carboxylic acids is 1. The van der Waals surface area contributed by atoms with Gasteiger partial charge in [0.1, 0.15) is 5.75 Å². The molecule has 0 heterocycles. The third-order valence-corrected chi connectivity index (χ3v) is 3.82. The van der Waals surface area contributed by atoms with Crippen LogP contribution in [0.3, 0.4) is 0 Å². The van der Waals surface area contributed by atoms with Gasteiger partial charge in [0.2, 0.25) is 5.91 Å². The van der Waals surface area contributed by atoms with Crippen LogP contribution in [0.5, 0.6) is 5.75 Å². The lowest BCUT2D eigenvalue weighted by Crippen LogP contribution is -2.14. The molecular weight excluding hydrogens is 294 g/mol. The van der Waals surface area contributed by atoms with E-state index in [9.17, 15) is 4.79 Å². The van der Waals surface area contributed by atoms with Crippen LogP contribution >= 0.6 is 15.9 Å². The molecule has 1 aliphatic carbocycles. The van der Waals surface area contributed by atoms with Crippen molar-refractivity contribution < 1.29 is 9.53 Å². The van der Waals surface area contributed by atoms with Gasteiger partial charge in [-0.2, -0.15) is 0 Å². The van der Waals surface area contributed by atoms with Crippen LogP contribution in [0.25, 0.3) is 0 Å². The molecule has 1 aromatic rings. The van der Waals surface area contributed by atoms with Gasteiger partial charge in [-0.15, -0.1) is 0 Å². The molecule has 0 bridgehead atoms. The predicted molar refractivity (Wildman–Crippen MR) is 76.1 cm³/mol. The second-order valence-electron chi connectivity index (χ2n) is 4.70. The summed E-state index contributed by atoms with van der Waals surface area (Å²) in [6.07, 6.45) is 1.01. The Morgan fingerprint density at radius 3 is 2.83 bits per heavy atom. The monoisotopic (exact) mass is 311 g/mol. The minimum atomic E-state index is 0.132. The number of ether oxygens (including phenoxy) is 1. The van der Waals surface area contributed by atoms with Crippen LogP contribution < -0.4 is 10.1 Å². The predicted octanol–water partition coefficient (Wildman–Crippen LogP) is 3.57. The number of carbonyl (C=O) groups is 1. The number of halogens is 1. The zero-order chi connectivity index (χ0) is 13.1. The Morgan fingerprint density at radius 1 is 1.56 bits per heavy atom. The average Bonchev–Trinajstić information content (AvgIpc) is 3.09. The number of anilines is 1. The molecule has 0 radical (unpaired) electrons. The molecule has 1 N–H and O–H groups in total. The molecule has 1 saturated carbocycles. The molecule has 1 aliphatic rings. The van der Waals surface area contributed by atoms with Gasteiger partial charge in [-0.3, -0.25) is 4.79 Å². The van der Waals surface area contributed by atoms with Crippen molar-refractivity contribution in [3.63, 3.8) is 0 Å². The molecule has 18 heavy (non-hydrogen) atoms. The standard InChI is InChI=1S/C14H18BrNO2/c1-3-18-13-5-4-11(7-10(13)8-15)16-14(17)12-6-9(12)2/h4-5,7,9,12H,3,6,8H2,1-2H3,(H,16,17). The van der Waals surface area contributed by atoms with E-state index in [4.69, 9.17) is 4.74 Å². The van der Waals surface area contributed by atoms with Gasteiger partial charge in [-0.25, -0.2) is 0 Å². The number of hydrogen-bond donors (Lipinski definition) is 1. The van der Waals surface area contributed by atoms with Crippen molar-refractivity contribution in [1.29, 1.82) is 0 Å². The third-order valence-electron chi connectivity index (χ3n) is 3.22. The zero-order valence-corrected chi connectivity index (χ0v) is 12.3. The van der Waals surface area contributed by atoms with Crippen LogP contribution in [0.2, 0.25) is 0 Å². The fourth-order valence-electron chi connectivity index (χ4n) is 1.98. The van der Waals surface area contributed by atoms with Crippen LogP contribution in [-0.2, 0) is 10.1 Å². The van der Waals surface area contributed by atoms with E-state index < -0.39 is 0 Å². The molecule has 0 spiro atoms. The summed E-state index contributed by atoms with van der Waals surface area (Å²) in [5.74, 6) is 1.73. The van der Waals surface area contributed by atoms with Crippen LogP contribution in [0, 0.1) is 11.8 Å². The summed E-state index contributed by atoms with van der Waals surface area (Å²) in [6, 6.07) is 5.76. The third kappa shape index (κ3) is 3.05. The fraction of sp³-hybridized carbons (Fsp3) is 0.500. The first-order valence-electron chi connectivity index (χ1n) is 6.28. The van der Waals surface area contributed by atoms with Crippen molar-refractivity contribution in [1.82, 2.24) is 0 Å². The highest BCUT2D eigenvalue weighted by atomic mass is 79.9. The lowest BCUT2D eigenvalue weighted by molar-refractivity contribution is -0.117. The minimum Gasteiger partial charge on any atom is -0.494 e. The number of amides is 1. The van der Waals surface area contributed by atoms with Crippen molar-refractivity contribution in [3.05, 3.63) is 23.8 Å². The maximum Gasteiger partial charge on any atom is 0.227 e. The molecule has 2 unspecified atom stereocenters. The quantitative estimate of drug-likeness (QED) is 0.844. The van der Waals surface area contributed by atoms with Crippen molar-refractivity contribution in [2.75, 3.05) is 11.9 Å². The van der Waals surface area contributed by atoms with E-state index in [-0.39, 0.29) is 11.8 Å². The Labute approximate surface area is 116 Å². The number of alkyl halides is 1. The van der Waals surface area contributed by atoms with Crippen molar-refractivity contribution in [2.45, 2.75) is 25.6 Å². The van der Waals surface area contributed by atoms with Crippen LogP contribution in [0.15, 0.2) is 18.2 Å². The molecule has 0 saturated heterocycles. The molecule has 0 aromatic heterocycles. The average molecular weight is 312 g/mol. The molecule has 98 valence electrons. The molecule has 1 amide bonds. The molecule has 4 heteroatoms. The smallest absolute Gasteiger partial charge is 0.227 e.